The van der Waals surface area contributed by atoms with Crippen molar-refractivity contribution in [2.75, 3.05) is 32.9 Å². The molecule has 0 radical (unpaired) electrons. The van der Waals surface area contributed by atoms with Crippen LogP contribution in [0.25, 0.3) is 0 Å². The molecule has 1 aromatic carbocycles. The molecule has 1 aliphatic heterocycles. The molecule has 2 unspecified atom stereocenters. The molecule has 3 rings (SSSR count). The number of aryl methyl sites for hydroxylation is 1. The maximum absolute atomic E-state index is 14.3. The molecule has 6 atom stereocenters. The summed E-state index contributed by atoms with van der Waals surface area (Å²) in [5.74, 6) is -2.27. The van der Waals surface area contributed by atoms with Crippen molar-refractivity contribution in [1.29, 1.82) is 0 Å². The third-order valence-electron chi connectivity index (χ3n) is 10.4. The number of urea groups is 1. The SMILES string of the molecule is Cc1ccc(CCNC(=O)[C@H](CC(F)F)NC(=O)[C@@H]2C3C(CN2C(=O)[C@@H](NC(=O)N[C@H](CN(C)S(C)(=O)=O)C(C)(C)C)C(C)(C)C)C3(C)C)cc1. The Morgan fingerprint density at radius 1 is 0.980 bits per heavy atom. The van der Waals surface area contributed by atoms with Crippen LogP contribution in [0.1, 0.15) is 72.9 Å². The topological polar surface area (TPSA) is 157 Å². The molecule has 51 heavy (non-hydrogen) atoms. The molecular formula is C36H58F2N6O6S. The Morgan fingerprint density at radius 3 is 2.08 bits per heavy atom. The van der Waals surface area contributed by atoms with Crippen LogP contribution in [0, 0.1) is 35.0 Å². The summed E-state index contributed by atoms with van der Waals surface area (Å²) in [5, 5.41) is 10.8. The van der Waals surface area contributed by atoms with Crippen molar-refractivity contribution in [2.45, 2.75) is 106 Å². The number of piperidine rings is 1. The summed E-state index contributed by atoms with van der Waals surface area (Å²) in [4.78, 5) is 56.3. The number of likely N-dealkylation sites (tertiary alicyclic amines) is 1. The van der Waals surface area contributed by atoms with E-state index in [-0.39, 0.29) is 36.9 Å². The molecule has 1 saturated carbocycles. The molecule has 4 N–H and O–H groups in total. The lowest BCUT2D eigenvalue weighted by molar-refractivity contribution is -0.144. The second kappa shape index (κ2) is 15.7. The number of nitrogens with zero attached hydrogens (tertiary/aromatic N) is 2. The highest BCUT2D eigenvalue weighted by atomic mass is 32.2. The molecule has 288 valence electrons. The first-order valence-electron chi connectivity index (χ1n) is 17.5. The second-order valence-corrected chi connectivity index (χ2v) is 19.1. The highest BCUT2D eigenvalue weighted by Crippen LogP contribution is 2.65. The number of likely N-dealkylation sites (N-methyl/N-ethyl adjacent to an activating group) is 1. The quantitative estimate of drug-likeness (QED) is 0.230. The molecule has 1 heterocycles. The molecule has 15 heteroatoms. The highest BCUT2D eigenvalue weighted by Gasteiger charge is 2.70. The first-order valence-corrected chi connectivity index (χ1v) is 19.3. The zero-order chi connectivity index (χ0) is 38.9. The summed E-state index contributed by atoms with van der Waals surface area (Å²) in [7, 11) is -2.11. The summed E-state index contributed by atoms with van der Waals surface area (Å²) in [5.41, 5.74) is 0.363. The van der Waals surface area contributed by atoms with Gasteiger partial charge in [0, 0.05) is 39.1 Å². The van der Waals surface area contributed by atoms with Crippen molar-refractivity contribution < 1.29 is 36.4 Å². The van der Waals surface area contributed by atoms with Gasteiger partial charge in [0.1, 0.15) is 18.1 Å². The fourth-order valence-corrected chi connectivity index (χ4v) is 7.18. The number of sulfonamides is 1. The Morgan fingerprint density at radius 2 is 1.57 bits per heavy atom. The lowest BCUT2D eigenvalue weighted by atomic mass is 9.85. The van der Waals surface area contributed by atoms with Gasteiger partial charge < -0.3 is 26.2 Å². The van der Waals surface area contributed by atoms with E-state index in [4.69, 9.17) is 0 Å². The van der Waals surface area contributed by atoms with Gasteiger partial charge in [0.15, 0.2) is 0 Å². The van der Waals surface area contributed by atoms with E-state index < -0.39 is 81.6 Å². The van der Waals surface area contributed by atoms with Gasteiger partial charge in [-0.25, -0.2) is 26.3 Å². The largest absolute Gasteiger partial charge is 0.354 e. The van der Waals surface area contributed by atoms with E-state index in [1.54, 1.807) is 20.8 Å². The number of rotatable bonds is 14. The Labute approximate surface area is 302 Å². The highest BCUT2D eigenvalue weighted by molar-refractivity contribution is 7.88. The molecule has 1 aromatic rings. The molecule has 12 nitrogen and oxygen atoms in total. The smallest absolute Gasteiger partial charge is 0.315 e. The number of carbonyl (C=O) groups is 4. The van der Waals surface area contributed by atoms with Crippen LogP contribution >= 0.6 is 0 Å². The molecule has 1 aliphatic carbocycles. The van der Waals surface area contributed by atoms with E-state index >= 15 is 0 Å². The number of halogens is 2. The first-order chi connectivity index (χ1) is 23.2. The lowest BCUT2D eigenvalue weighted by Crippen LogP contribution is -2.62. The average Bonchev–Trinajstić information content (AvgIpc) is 3.30. The summed E-state index contributed by atoms with van der Waals surface area (Å²) in [6.07, 6.45) is -2.21. The summed E-state index contributed by atoms with van der Waals surface area (Å²) in [6, 6.07) is 2.74. The fraction of sp³-hybridized carbons (Fsp3) is 0.722. The van der Waals surface area contributed by atoms with Crippen molar-refractivity contribution in [3.8, 4) is 0 Å². The Bertz CT molecular complexity index is 1540. The van der Waals surface area contributed by atoms with E-state index in [2.05, 4.69) is 21.3 Å². The van der Waals surface area contributed by atoms with Crippen LogP contribution in [0.5, 0.6) is 0 Å². The minimum atomic E-state index is -3.53. The third-order valence-corrected chi connectivity index (χ3v) is 11.7. The van der Waals surface area contributed by atoms with Gasteiger partial charge in [0.25, 0.3) is 0 Å². The molecule has 2 aliphatic rings. The molecule has 0 spiro atoms. The van der Waals surface area contributed by atoms with E-state index in [1.165, 1.54) is 11.9 Å². The van der Waals surface area contributed by atoms with E-state index in [9.17, 15) is 36.4 Å². The van der Waals surface area contributed by atoms with Crippen LogP contribution in [0.4, 0.5) is 13.6 Å². The van der Waals surface area contributed by atoms with E-state index in [0.717, 1.165) is 21.7 Å². The van der Waals surface area contributed by atoms with Crippen LogP contribution in [0.15, 0.2) is 24.3 Å². The van der Waals surface area contributed by atoms with Gasteiger partial charge in [-0.1, -0.05) is 85.2 Å². The Balaban J connectivity index is 1.79. The minimum absolute atomic E-state index is 0.00396. The van der Waals surface area contributed by atoms with E-state index in [1.807, 2.05) is 65.8 Å². The number of benzene rings is 1. The summed E-state index contributed by atoms with van der Waals surface area (Å²) < 4.78 is 52.7. The van der Waals surface area contributed by atoms with E-state index in [0.29, 0.717) is 6.42 Å². The van der Waals surface area contributed by atoms with Gasteiger partial charge in [-0.3, -0.25) is 14.4 Å². The standard InChI is InChI=1S/C36H58F2N6O6S/c1-21-12-14-22(15-13-21)16-17-39-30(45)24(18-26(37)38)40-31(46)28-27-23(36(27,8)9)19-44(28)32(47)29(35(5,6)7)42-33(48)41-25(34(2,3)4)20-43(10)51(11,49)50/h12-15,23-29H,16-20H2,1-11H3,(H,39,45)(H,40,46)(H2,41,42,48)/t23?,24-,25+,27?,28-,29+/m0/s1. The molecular weight excluding hydrogens is 682 g/mol. The summed E-state index contributed by atoms with van der Waals surface area (Å²) in [6.45, 7) is 17.2. The second-order valence-electron chi connectivity index (χ2n) is 17.0. The number of hydrogen-bond donors (Lipinski definition) is 4. The molecule has 5 amide bonds. The van der Waals surface area contributed by atoms with Gasteiger partial charge in [-0.15, -0.1) is 0 Å². The number of nitrogens with one attached hydrogen (secondary N) is 4. The first kappa shape index (κ1) is 42.1. The van der Waals surface area contributed by atoms with Crippen molar-refractivity contribution in [3.05, 3.63) is 35.4 Å². The van der Waals surface area contributed by atoms with Crippen molar-refractivity contribution in [3.63, 3.8) is 0 Å². The molecule has 2 fully saturated rings. The number of fused-ring (bicyclic) bond motifs is 1. The third kappa shape index (κ3) is 10.8. The van der Waals surface area contributed by atoms with Crippen LogP contribution in [0.3, 0.4) is 0 Å². The molecule has 1 saturated heterocycles. The van der Waals surface area contributed by atoms with Crippen LogP contribution in [-0.2, 0) is 30.8 Å². The fourth-order valence-electron chi connectivity index (χ4n) is 6.76. The van der Waals surface area contributed by atoms with Gasteiger partial charge in [-0.2, -0.15) is 0 Å². The van der Waals surface area contributed by atoms with Crippen LogP contribution in [-0.4, -0.2) is 105 Å². The average molecular weight is 741 g/mol. The minimum Gasteiger partial charge on any atom is -0.354 e. The van der Waals surface area contributed by atoms with Crippen molar-refractivity contribution >= 4 is 33.8 Å². The van der Waals surface area contributed by atoms with Crippen molar-refractivity contribution in [2.24, 2.45) is 28.1 Å². The van der Waals surface area contributed by atoms with Gasteiger partial charge in [0.05, 0.1) is 6.26 Å². The number of alkyl halides is 2. The lowest BCUT2D eigenvalue weighted by Gasteiger charge is -2.39. The maximum Gasteiger partial charge on any atom is 0.315 e. The summed E-state index contributed by atoms with van der Waals surface area (Å²) >= 11 is 0. The van der Waals surface area contributed by atoms with Crippen LogP contribution in [0.2, 0.25) is 0 Å². The zero-order valence-electron chi connectivity index (χ0n) is 31.9. The Kier molecular flexibility index (Phi) is 13.0. The monoisotopic (exact) mass is 740 g/mol. The maximum atomic E-state index is 14.3. The predicted molar refractivity (Wildman–Crippen MR) is 192 cm³/mol. The normalized spacial score (nSPS) is 21.8. The predicted octanol–water partition coefficient (Wildman–Crippen LogP) is 3.30. The number of amides is 5. The van der Waals surface area contributed by atoms with Crippen LogP contribution < -0.4 is 21.3 Å². The Hall–Kier alpha value is -3.33. The molecule has 0 bridgehead atoms. The van der Waals surface area contributed by atoms with Gasteiger partial charge >= 0.3 is 6.03 Å². The molecule has 0 aromatic heterocycles. The zero-order valence-corrected chi connectivity index (χ0v) is 32.7. The number of hydrogen-bond acceptors (Lipinski definition) is 6. The van der Waals surface area contributed by atoms with Gasteiger partial charge in [0.2, 0.25) is 34.2 Å². The van der Waals surface area contributed by atoms with Gasteiger partial charge in [-0.05, 0) is 47.0 Å². The van der Waals surface area contributed by atoms with Crippen molar-refractivity contribution in [1.82, 2.24) is 30.5 Å². The number of carbonyl (C=O) groups excluding carboxylic acids is 4.